The highest BCUT2D eigenvalue weighted by molar-refractivity contribution is 4.87. The van der Waals surface area contributed by atoms with Gasteiger partial charge in [-0.1, -0.05) is 58.8 Å². The van der Waals surface area contributed by atoms with Gasteiger partial charge < -0.3 is 5.32 Å². The Kier molecular flexibility index (Phi) is 6.70. The van der Waals surface area contributed by atoms with E-state index in [1.165, 1.54) is 77.0 Å². The molecule has 2 saturated carbocycles. The zero-order valence-corrected chi connectivity index (χ0v) is 13.3. The molecule has 2 rings (SSSR count). The van der Waals surface area contributed by atoms with E-state index in [0.717, 1.165) is 23.9 Å². The van der Waals surface area contributed by atoms with E-state index in [-0.39, 0.29) is 0 Å². The maximum absolute atomic E-state index is 4.02. The summed E-state index contributed by atoms with van der Waals surface area (Å²) in [5.74, 6) is 2.15. The van der Waals surface area contributed by atoms with E-state index in [1.807, 2.05) is 0 Å². The van der Waals surface area contributed by atoms with Crippen molar-refractivity contribution >= 4 is 0 Å². The normalized spacial score (nSPS) is 32.8. The molecule has 19 heavy (non-hydrogen) atoms. The van der Waals surface area contributed by atoms with Crippen molar-refractivity contribution in [2.24, 2.45) is 11.8 Å². The second kappa shape index (κ2) is 8.29. The van der Waals surface area contributed by atoms with Gasteiger partial charge in [-0.25, -0.2) is 0 Å². The van der Waals surface area contributed by atoms with Gasteiger partial charge in [-0.2, -0.15) is 0 Å². The highest BCUT2D eigenvalue weighted by Crippen LogP contribution is 2.40. The van der Waals surface area contributed by atoms with Crippen LogP contribution in [0.25, 0.3) is 0 Å². The molecule has 0 heterocycles. The molecule has 0 aromatic heterocycles. The molecular formula is C18H35N. The minimum absolute atomic E-state index is 0.801. The maximum Gasteiger partial charge on any atom is 0.00724 e. The van der Waals surface area contributed by atoms with Crippen molar-refractivity contribution < 1.29 is 0 Å². The Morgan fingerprint density at radius 2 is 1.68 bits per heavy atom. The summed E-state index contributed by atoms with van der Waals surface area (Å²) in [5, 5.41) is 4.02. The third-order valence-corrected chi connectivity index (χ3v) is 5.55. The van der Waals surface area contributed by atoms with Crippen LogP contribution in [0.1, 0.15) is 90.9 Å². The van der Waals surface area contributed by atoms with Crippen molar-refractivity contribution in [2.75, 3.05) is 0 Å². The first-order chi connectivity index (χ1) is 9.33. The van der Waals surface area contributed by atoms with Crippen molar-refractivity contribution in [3.8, 4) is 0 Å². The molecule has 2 aliphatic carbocycles. The van der Waals surface area contributed by atoms with E-state index in [1.54, 1.807) is 0 Å². The Morgan fingerprint density at radius 3 is 2.42 bits per heavy atom. The Morgan fingerprint density at radius 1 is 0.895 bits per heavy atom. The number of unbranched alkanes of at least 4 members (excludes halogenated alkanes) is 1. The van der Waals surface area contributed by atoms with E-state index in [9.17, 15) is 0 Å². The molecule has 0 saturated heterocycles. The molecule has 112 valence electrons. The Labute approximate surface area is 120 Å². The van der Waals surface area contributed by atoms with Crippen LogP contribution in [0, 0.1) is 11.8 Å². The minimum atomic E-state index is 0.801. The van der Waals surface area contributed by atoms with Crippen molar-refractivity contribution in [3.05, 3.63) is 0 Å². The highest BCUT2D eigenvalue weighted by Gasteiger charge is 2.32. The van der Waals surface area contributed by atoms with Gasteiger partial charge in [0.15, 0.2) is 0 Å². The van der Waals surface area contributed by atoms with Crippen molar-refractivity contribution in [1.82, 2.24) is 5.32 Å². The van der Waals surface area contributed by atoms with Crippen LogP contribution < -0.4 is 5.32 Å². The molecule has 1 heteroatoms. The van der Waals surface area contributed by atoms with Crippen LogP contribution >= 0.6 is 0 Å². The fourth-order valence-corrected chi connectivity index (χ4v) is 4.47. The van der Waals surface area contributed by atoms with Crippen LogP contribution in [-0.2, 0) is 0 Å². The summed E-state index contributed by atoms with van der Waals surface area (Å²) < 4.78 is 0. The Hall–Kier alpha value is -0.0400. The molecule has 2 aliphatic rings. The summed E-state index contributed by atoms with van der Waals surface area (Å²) in [7, 11) is 0. The van der Waals surface area contributed by atoms with Crippen LogP contribution in [0.2, 0.25) is 0 Å². The third kappa shape index (κ3) is 4.77. The average Bonchev–Trinajstić information content (AvgIpc) is 2.45. The van der Waals surface area contributed by atoms with Gasteiger partial charge in [-0.3, -0.25) is 0 Å². The molecule has 1 N–H and O–H groups in total. The summed E-state index contributed by atoms with van der Waals surface area (Å²) in [6, 6.07) is 1.64. The molecule has 0 bridgehead atoms. The minimum Gasteiger partial charge on any atom is -0.311 e. The first-order valence-electron chi connectivity index (χ1n) is 9.09. The molecule has 0 spiro atoms. The van der Waals surface area contributed by atoms with Gasteiger partial charge in [-0.05, 0) is 43.9 Å². The number of nitrogens with one attached hydrogen (secondary N) is 1. The molecule has 0 amide bonds. The molecule has 0 aromatic carbocycles. The maximum atomic E-state index is 4.02. The van der Waals surface area contributed by atoms with E-state index < -0.39 is 0 Å². The third-order valence-electron chi connectivity index (χ3n) is 5.55. The standard InChI is InChI=1S/C18H35N/c1-3-5-11-17(8-4-2)19-18-13-12-15-9-6-7-10-16(15)14-18/h15-19H,3-14H2,1-2H3. The first-order valence-corrected chi connectivity index (χ1v) is 9.09. The van der Waals surface area contributed by atoms with Crippen LogP contribution in [0.5, 0.6) is 0 Å². The lowest BCUT2D eigenvalue weighted by molar-refractivity contribution is 0.136. The number of rotatable bonds is 7. The smallest absolute Gasteiger partial charge is 0.00724 e. The zero-order valence-electron chi connectivity index (χ0n) is 13.3. The van der Waals surface area contributed by atoms with Gasteiger partial charge in [-0.15, -0.1) is 0 Å². The fourth-order valence-electron chi connectivity index (χ4n) is 4.47. The van der Waals surface area contributed by atoms with Crippen molar-refractivity contribution in [3.63, 3.8) is 0 Å². The van der Waals surface area contributed by atoms with E-state index in [2.05, 4.69) is 19.2 Å². The zero-order chi connectivity index (χ0) is 13.5. The molecule has 0 aliphatic heterocycles. The lowest BCUT2D eigenvalue weighted by Crippen LogP contribution is -2.43. The van der Waals surface area contributed by atoms with Gasteiger partial charge >= 0.3 is 0 Å². The van der Waals surface area contributed by atoms with E-state index in [4.69, 9.17) is 0 Å². The summed E-state index contributed by atoms with van der Waals surface area (Å²) in [6.07, 6.45) is 17.4. The average molecular weight is 265 g/mol. The summed E-state index contributed by atoms with van der Waals surface area (Å²) >= 11 is 0. The molecule has 4 atom stereocenters. The lowest BCUT2D eigenvalue weighted by atomic mass is 9.69. The van der Waals surface area contributed by atoms with Gasteiger partial charge in [0, 0.05) is 12.1 Å². The van der Waals surface area contributed by atoms with Gasteiger partial charge in [0.1, 0.15) is 0 Å². The summed E-state index contributed by atoms with van der Waals surface area (Å²) in [4.78, 5) is 0. The quantitative estimate of drug-likeness (QED) is 0.659. The van der Waals surface area contributed by atoms with E-state index >= 15 is 0 Å². The van der Waals surface area contributed by atoms with Gasteiger partial charge in [0.05, 0.1) is 0 Å². The Balaban J connectivity index is 1.77. The first kappa shape index (κ1) is 15.4. The van der Waals surface area contributed by atoms with Gasteiger partial charge in [0.25, 0.3) is 0 Å². The summed E-state index contributed by atoms with van der Waals surface area (Å²) in [5.41, 5.74) is 0. The summed E-state index contributed by atoms with van der Waals surface area (Å²) in [6.45, 7) is 4.65. The van der Waals surface area contributed by atoms with Crippen LogP contribution in [0.15, 0.2) is 0 Å². The van der Waals surface area contributed by atoms with Crippen LogP contribution in [-0.4, -0.2) is 12.1 Å². The molecule has 2 fully saturated rings. The second-order valence-electron chi connectivity index (χ2n) is 7.11. The molecular weight excluding hydrogens is 230 g/mol. The highest BCUT2D eigenvalue weighted by atomic mass is 15.0. The molecule has 1 nitrogen and oxygen atoms in total. The van der Waals surface area contributed by atoms with Crippen molar-refractivity contribution in [1.29, 1.82) is 0 Å². The van der Waals surface area contributed by atoms with Crippen LogP contribution in [0.4, 0.5) is 0 Å². The molecule has 0 radical (unpaired) electrons. The van der Waals surface area contributed by atoms with Gasteiger partial charge in [0.2, 0.25) is 0 Å². The van der Waals surface area contributed by atoms with Crippen LogP contribution in [0.3, 0.4) is 0 Å². The molecule has 4 unspecified atom stereocenters. The lowest BCUT2D eigenvalue weighted by Gasteiger charge is -2.40. The number of hydrogen-bond acceptors (Lipinski definition) is 1. The topological polar surface area (TPSA) is 12.0 Å². The monoisotopic (exact) mass is 265 g/mol. The Bertz CT molecular complexity index is 238. The predicted molar refractivity (Wildman–Crippen MR) is 84.4 cm³/mol. The second-order valence-corrected chi connectivity index (χ2v) is 7.11. The van der Waals surface area contributed by atoms with E-state index in [0.29, 0.717) is 0 Å². The molecule has 0 aromatic rings. The fraction of sp³-hybridized carbons (Fsp3) is 1.00. The number of fused-ring (bicyclic) bond motifs is 1. The number of hydrogen-bond donors (Lipinski definition) is 1. The predicted octanol–water partition coefficient (Wildman–Crippen LogP) is 5.29. The largest absolute Gasteiger partial charge is 0.311 e. The van der Waals surface area contributed by atoms with Crippen molar-refractivity contribution in [2.45, 2.75) is 103 Å². The SMILES string of the molecule is CCCCC(CCC)NC1CCC2CCCCC2C1.